The smallest absolute Gasteiger partial charge is 0.255 e. The Morgan fingerprint density at radius 2 is 2.12 bits per heavy atom. The van der Waals surface area contributed by atoms with Gasteiger partial charge in [0.2, 0.25) is 0 Å². The van der Waals surface area contributed by atoms with E-state index in [1.807, 2.05) is 32.4 Å². The Kier molecular flexibility index (Phi) is 7.41. The van der Waals surface area contributed by atoms with Gasteiger partial charge in [-0.05, 0) is 63.2 Å². The largest absolute Gasteiger partial charge is 0.392 e. The Balaban J connectivity index is 1.91. The molecule has 1 heterocycles. The molecule has 1 amide bonds. The molecule has 1 saturated heterocycles. The lowest BCUT2D eigenvalue weighted by molar-refractivity contribution is 0.0702. The van der Waals surface area contributed by atoms with E-state index in [2.05, 4.69) is 4.90 Å². The van der Waals surface area contributed by atoms with Gasteiger partial charge in [0.15, 0.2) is 0 Å². The molecular formula is C18H27ClN2O2S. The summed E-state index contributed by atoms with van der Waals surface area (Å²) in [6.07, 6.45) is 3.82. The van der Waals surface area contributed by atoms with Crippen LogP contribution in [0.5, 0.6) is 0 Å². The first-order valence-electron chi connectivity index (χ1n) is 8.40. The number of β-amino-alcohol motifs (C(OH)–C–C–N with tert-alkyl or cyclic N) is 1. The normalized spacial score (nSPS) is 17.7. The molecular weight excluding hydrogens is 344 g/mol. The first kappa shape index (κ1) is 19.6. The van der Waals surface area contributed by atoms with Crippen LogP contribution in [0.2, 0.25) is 5.02 Å². The summed E-state index contributed by atoms with van der Waals surface area (Å²) in [6, 6.07) is 5.60. The molecule has 0 radical (unpaired) electrons. The first-order chi connectivity index (χ1) is 11.4. The zero-order valence-electron chi connectivity index (χ0n) is 14.7. The molecule has 1 aromatic rings. The maximum Gasteiger partial charge on any atom is 0.255 e. The van der Waals surface area contributed by atoms with Gasteiger partial charge in [0.05, 0.1) is 16.7 Å². The summed E-state index contributed by atoms with van der Waals surface area (Å²) in [6.45, 7) is 5.28. The molecule has 0 bridgehead atoms. The average molecular weight is 371 g/mol. The Morgan fingerprint density at radius 1 is 1.46 bits per heavy atom. The lowest BCUT2D eigenvalue weighted by Crippen LogP contribution is -2.41. The number of aliphatic hydroxyl groups is 1. The number of halogens is 1. The van der Waals surface area contributed by atoms with Gasteiger partial charge in [0.25, 0.3) is 5.91 Å². The maximum atomic E-state index is 12.7. The van der Waals surface area contributed by atoms with E-state index in [9.17, 15) is 9.90 Å². The van der Waals surface area contributed by atoms with Crippen molar-refractivity contribution in [2.45, 2.75) is 30.8 Å². The number of benzene rings is 1. The van der Waals surface area contributed by atoms with Gasteiger partial charge in [-0.25, -0.2) is 0 Å². The van der Waals surface area contributed by atoms with Crippen LogP contribution in [0.3, 0.4) is 0 Å². The fraction of sp³-hybridized carbons (Fsp3) is 0.611. The van der Waals surface area contributed by atoms with E-state index in [0.29, 0.717) is 16.5 Å². The highest BCUT2D eigenvalue weighted by Gasteiger charge is 2.24. The minimum Gasteiger partial charge on any atom is -0.392 e. The van der Waals surface area contributed by atoms with Crippen molar-refractivity contribution in [1.29, 1.82) is 0 Å². The molecule has 0 spiro atoms. The molecule has 134 valence electrons. The number of hydrogen-bond donors (Lipinski definition) is 1. The van der Waals surface area contributed by atoms with Gasteiger partial charge in [0, 0.05) is 25.0 Å². The predicted octanol–water partition coefficient (Wildman–Crippen LogP) is 3.23. The molecule has 0 aromatic heterocycles. The summed E-state index contributed by atoms with van der Waals surface area (Å²) in [5.74, 6) is 0.494. The number of nitrogens with zero attached hydrogens (tertiary/aromatic N) is 2. The molecule has 6 heteroatoms. The van der Waals surface area contributed by atoms with Crippen LogP contribution in [0.25, 0.3) is 0 Å². The molecule has 1 aromatic carbocycles. The summed E-state index contributed by atoms with van der Waals surface area (Å²) in [4.78, 5) is 17.8. The maximum absolute atomic E-state index is 12.7. The van der Waals surface area contributed by atoms with E-state index >= 15 is 0 Å². The van der Waals surface area contributed by atoms with E-state index in [4.69, 9.17) is 11.6 Å². The van der Waals surface area contributed by atoms with E-state index in [1.165, 1.54) is 0 Å². The number of hydrogen-bond acceptors (Lipinski definition) is 4. The zero-order valence-corrected chi connectivity index (χ0v) is 16.2. The van der Waals surface area contributed by atoms with Crippen LogP contribution in [0, 0.1) is 5.92 Å². The van der Waals surface area contributed by atoms with Crippen molar-refractivity contribution < 1.29 is 9.90 Å². The monoisotopic (exact) mass is 370 g/mol. The van der Waals surface area contributed by atoms with Gasteiger partial charge in [-0.15, -0.1) is 11.8 Å². The number of amides is 1. The summed E-state index contributed by atoms with van der Waals surface area (Å²) >= 11 is 7.82. The zero-order chi connectivity index (χ0) is 17.7. The van der Waals surface area contributed by atoms with E-state index in [0.717, 1.165) is 43.9 Å². The number of carbonyl (C=O) groups is 1. The van der Waals surface area contributed by atoms with Gasteiger partial charge < -0.3 is 14.9 Å². The van der Waals surface area contributed by atoms with Crippen LogP contribution in [0.1, 0.15) is 30.1 Å². The standard InChI is InChI=1S/C18H27ClN2O2S/c1-13(22)11-21-8-6-14(7-9-21)12-20(2)18(23)16-10-15(24-3)4-5-17(16)19/h4-5,10,13-14,22H,6-9,11-12H2,1-3H3. The summed E-state index contributed by atoms with van der Waals surface area (Å²) in [7, 11) is 1.85. The number of thioether (sulfide) groups is 1. The summed E-state index contributed by atoms with van der Waals surface area (Å²) < 4.78 is 0. The molecule has 0 aliphatic carbocycles. The number of piperidine rings is 1. The van der Waals surface area contributed by atoms with Crippen molar-refractivity contribution >= 4 is 29.3 Å². The van der Waals surface area contributed by atoms with Gasteiger partial charge in [0.1, 0.15) is 0 Å². The Hall–Kier alpha value is -0.750. The van der Waals surface area contributed by atoms with Crippen LogP contribution in [-0.4, -0.2) is 66.4 Å². The second-order valence-electron chi connectivity index (χ2n) is 6.62. The van der Waals surface area contributed by atoms with Crippen molar-refractivity contribution in [2.75, 3.05) is 39.5 Å². The lowest BCUT2D eigenvalue weighted by atomic mass is 9.96. The molecule has 24 heavy (non-hydrogen) atoms. The third-order valence-corrected chi connectivity index (χ3v) is 5.57. The number of aliphatic hydroxyl groups excluding tert-OH is 1. The Morgan fingerprint density at radius 3 is 2.71 bits per heavy atom. The van der Waals surface area contributed by atoms with Crippen LogP contribution in [-0.2, 0) is 0 Å². The summed E-state index contributed by atoms with van der Waals surface area (Å²) in [5.41, 5.74) is 0.581. The third-order valence-electron chi connectivity index (χ3n) is 4.51. The molecule has 1 aliphatic rings. The highest BCUT2D eigenvalue weighted by molar-refractivity contribution is 7.98. The minimum atomic E-state index is -0.281. The second kappa shape index (κ2) is 9.09. The molecule has 1 unspecified atom stereocenters. The number of rotatable bonds is 6. The quantitative estimate of drug-likeness (QED) is 0.781. The molecule has 2 rings (SSSR count). The van der Waals surface area contributed by atoms with Gasteiger partial charge >= 0.3 is 0 Å². The van der Waals surface area contributed by atoms with Gasteiger partial charge in [-0.2, -0.15) is 0 Å². The van der Waals surface area contributed by atoms with E-state index in [-0.39, 0.29) is 12.0 Å². The first-order valence-corrected chi connectivity index (χ1v) is 10.0. The van der Waals surface area contributed by atoms with Crippen LogP contribution < -0.4 is 0 Å². The number of carbonyl (C=O) groups excluding carboxylic acids is 1. The third kappa shape index (κ3) is 5.38. The van der Waals surface area contributed by atoms with Crippen molar-refractivity contribution in [3.8, 4) is 0 Å². The Labute approximate surface area is 154 Å². The number of likely N-dealkylation sites (tertiary alicyclic amines) is 1. The van der Waals surface area contributed by atoms with Crippen LogP contribution in [0.15, 0.2) is 23.1 Å². The van der Waals surface area contributed by atoms with Crippen molar-refractivity contribution in [2.24, 2.45) is 5.92 Å². The molecule has 1 N–H and O–H groups in total. The Bertz CT molecular complexity index is 560. The van der Waals surface area contributed by atoms with Crippen molar-refractivity contribution in [1.82, 2.24) is 9.80 Å². The highest BCUT2D eigenvalue weighted by Crippen LogP contribution is 2.25. The van der Waals surface area contributed by atoms with Crippen molar-refractivity contribution in [3.63, 3.8) is 0 Å². The highest BCUT2D eigenvalue weighted by atomic mass is 35.5. The average Bonchev–Trinajstić information content (AvgIpc) is 2.56. The lowest BCUT2D eigenvalue weighted by Gasteiger charge is -2.34. The van der Waals surface area contributed by atoms with Gasteiger partial charge in [-0.3, -0.25) is 4.79 Å². The minimum absolute atomic E-state index is 0.0117. The van der Waals surface area contributed by atoms with Crippen LogP contribution in [0.4, 0.5) is 0 Å². The molecule has 4 nitrogen and oxygen atoms in total. The van der Waals surface area contributed by atoms with Crippen molar-refractivity contribution in [3.05, 3.63) is 28.8 Å². The van der Waals surface area contributed by atoms with Gasteiger partial charge in [-0.1, -0.05) is 11.6 Å². The molecule has 0 saturated carbocycles. The predicted molar refractivity (Wildman–Crippen MR) is 101 cm³/mol. The van der Waals surface area contributed by atoms with Crippen LogP contribution >= 0.6 is 23.4 Å². The molecule has 1 atom stereocenters. The molecule has 1 fully saturated rings. The second-order valence-corrected chi connectivity index (χ2v) is 7.91. The fourth-order valence-electron chi connectivity index (χ4n) is 3.20. The topological polar surface area (TPSA) is 43.8 Å². The SMILES string of the molecule is CSc1ccc(Cl)c(C(=O)N(C)CC2CCN(CC(C)O)CC2)c1. The van der Waals surface area contributed by atoms with E-state index in [1.54, 1.807) is 22.7 Å². The fourth-order valence-corrected chi connectivity index (χ4v) is 3.83. The summed E-state index contributed by atoms with van der Waals surface area (Å²) in [5, 5.41) is 9.99. The molecule has 1 aliphatic heterocycles. The van der Waals surface area contributed by atoms with E-state index < -0.39 is 0 Å².